The zero-order chi connectivity index (χ0) is 14.9. The van der Waals surface area contributed by atoms with Crippen LogP contribution in [0.5, 0.6) is 0 Å². The van der Waals surface area contributed by atoms with Gasteiger partial charge in [-0.25, -0.2) is 18.1 Å². The van der Waals surface area contributed by atoms with Crippen molar-refractivity contribution in [2.24, 2.45) is 11.8 Å². The van der Waals surface area contributed by atoms with E-state index in [1.54, 1.807) is 24.4 Å². The first kappa shape index (κ1) is 15.3. The van der Waals surface area contributed by atoms with Crippen LogP contribution in [0, 0.1) is 11.8 Å². The Balaban J connectivity index is 2.35. The summed E-state index contributed by atoms with van der Waals surface area (Å²) in [6, 6.07) is 5.23. The molecule has 0 saturated heterocycles. The van der Waals surface area contributed by atoms with Gasteiger partial charge in [-0.3, -0.25) is 4.40 Å². The lowest BCUT2D eigenvalue weighted by Gasteiger charge is -2.16. The highest BCUT2D eigenvalue weighted by Crippen LogP contribution is 2.22. The SMILES string of the molecule is CC(C)C(C)CNS(=O)(=O)c1c(Cl)nc2ccccn12. The van der Waals surface area contributed by atoms with Crippen molar-refractivity contribution in [1.29, 1.82) is 0 Å². The second-order valence-electron chi connectivity index (χ2n) is 5.21. The Morgan fingerprint density at radius 3 is 2.70 bits per heavy atom. The standard InChI is InChI=1S/C13H18ClN3O2S/c1-9(2)10(3)8-15-20(18,19)13-12(14)16-11-6-4-5-7-17(11)13/h4-7,9-10,15H,8H2,1-3H3. The van der Waals surface area contributed by atoms with Gasteiger partial charge in [-0.05, 0) is 24.0 Å². The van der Waals surface area contributed by atoms with Gasteiger partial charge in [-0.1, -0.05) is 38.4 Å². The molecule has 0 spiro atoms. The molecule has 0 aromatic carbocycles. The van der Waals surface area contributed by atoms with E-state index in [9.17, 15) is 8.42 Å². The molecule has 2 aromatic heterocycles. The number of nitrogens with one attached hydrogen (secondary N) is 1. The zero-order valence-electron chi connectivity index (χ0n) is 11.7. The molecular weight excluding hydrogens is 298 g/mol. The van der Waals surface area contributed by atoms with Gasteiger partial charge in [0.05, 0.1) is 0 Å². The minimum absolute atomic E-state index is 0.00859. The lowest BCUT2D eigenvalue weighted by molar-refractivity contribution is 0.414. The first-order valence-corrected chi connectivity index (χ1v) is 8.31. The topological polar surface area (TPSA) is 63.5 Å². The van der Waals surface area contributed by atoms with E-state index in [1.807, 2.05) is 6.92 Å². The highest BCUT2D eigenvalue weighted by atomic mass is 35.5. The van der Waals surface area contributed by atoms with E-state index in [2.05, 4.69) is 23.6 Å². The molecule has 0 aliphatic carbocycles. The molecule has 2 rings (SSSR count). The van der Waals surface area contributed by atoms with Crippen LogP contribution >= 0.6 is 11.6 Å². The lowest BCUT2D eigenvalue weighted by Crippen LogP contribution is -2.31. The summed E-state index contributed by atoms with van der Waals surface area (Å²) >= 11 is 5.98. The summed E-state index contributed by atoms with van der Waals surface area (Å²) in [5.41, 5.74) is 0.509. The smallest absolute Gasteiger partial charge is 0.259 e. The normalized spacial score (nSPS) is 14.1. The number of pyridine rings is 1. The third-order valence-electron chi connectivity index (χ3n) is 3.43. The molecule has 0 aliphatic rings. The molecule has 0 saturated carbocycles. The molecule has 7 heteroatoms. The first-order chi connectivity index (χ1) is 9.33. The number of rotatable bonds is 5. The molecule has 1 N–H and O–H groups in total. The molecule has 0 bridgehead atoms. The second kappa shape index (κ2) is 5.71. The van der Waals surface area contributed by atoms with Crippen LogP contribution in [0.1, 0.15) is 20.8 Å². The third-order valence-corrected chi connectivity index (χ3v) is 5.26. The minimum atomic E-state index is -3.68. The number of hydrogen-bond acceptors (Lipinski definition) is 3. The molecule has 20 heavy (non-hydrogen) atoms. The predicted molar refractivity (Wildman–Crippen MR) is 79.4 cm³/mol. The van der Waals surface area contributed by atoms with Gasteiger partial charge in [-0.15, -0.1) is 0 Å². The highest BCUT2D eigenvalue weighted by Gasteiger charge is 2.24. The fraction of sp³-hybridized carbons (Fsp3) is 0.462. The number of hydrogen-bond donors (Lipinski definition) is 1. The van der Waals surface area contributed by atoms with Gasteiger partial charge in [0.2, 0.25) is 0 Å². The van der Waals surface area contributed by atoms with E-state index < -0.39 is 10.0 Å². The third kappa shape index (κ3) is 2.97. The number of aromatic nitrogens is 2. The molecule has 2 aromatic rings. The summed E-state index contributed by atoms with van der Waals surface area (Å²) in [4.78, 5) is 4.05. The van der Waals surface area contributed by atoms with Gasteiger partial charge >= 0.3 is 0 Å². The van der Waals surface area contributed by atoms with Crippen molar-refractivity contribution in [2.75, 3.05) is 6.54 Å². The number of fused-ring (bicyclic) bond motifs is 1. The van der Waals surface area contributed by atoms with Crippen molar-refractivity contribution in [3.05, 3.63) is 29.5 Å². The molecule has 0 radical (unpaired) electrons. The number of nitrogens with zero attached hydrogens (tertiary/aromatic N) is 2. The van der Waals surface area contributed by atoms with Crippen molar-refractivity contribution in [1.82, 2.24) is 14.1 Å². The molecule has 110 valence electrons. The fourth-order valence-corrected chi connectivity index (χ4v) is 3.51. The van der Waals surface area contributed by atoms with E-state index in [4.69, 9.17) is 11.6 Å². The Hall–Kier alpha value is -1.11. The second-order valence-corrected chi connectivity index (χ2v) is 7.25. The van der Waals surface area contributed by atoms with Gasteiger partial charge in [0, 0.05) is 12.7 Å². The van der Waals surface area contributed by atoms with E-state index >= 15 is 0 Å². The maximum absolute atomic E-state index is 12.4. The predicted octanol–water partition coefficient (Wildman–Crippen LogP) is 2.56. The summed E-state index contributed by atoms with van der Waals surface area (Å²) in [6.07, 6.45) is 1.63. The quantitative estimate of drug-likeness (QED) is 0.922. The van der Waals surface area contributed by atoms with Crippen LogP contribution < -0.4 is 4.72 Å². The van der Waals surface area contributed by atoms with Gasteiger partial charge in [-0.2, -0.15) is 0 Å². The molecule has 0 amide bonds. The van der Waals surface area contributed by atoms with Gasteiger partial charge in [0.1, 0.15) is 5.65 Å². The van der Waals surface area contributed by atoms with Crippen molar-refractivity contribution >= 4 is 27.3 Å². The molecule has 5 nitrogen and oxygen atoms in total. The molecule has 0 fully saturated rings. The Labute approximate surface area is 124 Å². The van der Waals surface area contributed by atoms with Crippen LogP contribution in [-0.2, 0) is 10.0 Å². The minimum Gasteiger partial charge on any atom is -0.288 e. The van der Waals surface area contributed by atoms with Crippen molar-refractivity contribution in [3.8, 4) is 0 Å². The number of imidazole rings is 1. The molecule has 1 atom stereocenters. The van der Waals surface area contributed by atoms with Crippen LogP contribution in [0.3, 0.4) is 0 Å². The monoisotopic (exact) mass is 315 g/mol. The Bertz CT molecular complexity index is 709. The van der Waals surface area contributed by atoms with Gasteiger partial charge in [0.15, 0.2) is 10.2 Å². The van der Waals surface area contributed by atoms with Crippen molar-refractivity contribution < 1.29 is 8.42 Å². The van der Waals surface area contributed by atoms with Crippen LogP contribution in [0.4, 0.5) is 0 Å². The van der Waals surface area contributed by atoms with Crippen LogP contribution in [0.25, 0.3) is 5.65 Å². The van der Waals surface area contributed by atoms with Crippen LogP contribution in [0.15, 0.2) is 29.4 Å². The molecule has 2 heterocycles. The van der Waals surface area contributed by atoms with Crippen molar-refractivity contribution in [3.63, 3.8) is 0 Å². The number of halogens is 1. The van der Waals surface area contributed by atoms with E-state index in [0.717, 1.165) is 0 Å². The summed E-state index contributed by atoms with van der Waals surface area (Å²) in [5.74, 6) is 0.637. The molecule has 0 aliphatic heterocycles. The van der Waals surface area contributed by atoms with E-state index in [0.29, 0.717) is 18.1 Å². The molecule has 1 unspecified atom stereocenters. The summed E-state index contributed by atoms with van der Waals surface area (Å²) in [7, 11) is -3.68. The maximum Gasteiger partial charge on any atom is 0.259 e. The van der Waals surface area contributed by atoms with E-state index in [-0.39, 0.29) is 16.1 Å². The highest BCUT2D eigenvalue weighted by molar-refractivity contribution is 7.89. The lowest BCUT2D eigenvalue weighted by atomic mass is 9.99. The number of sulfonamides is 1. The maximum atomic E-state index is 12.4. The average molecular weight is 316 g/mol. The van der Waals surface area contributed by atoms with E-state index in [1.165, 1.54) is 4.40 Å². The van der Waals surface area contributed by atoms with Crippen molar-refractivity contribution in [2.45, 2.75) is 25.8 Å². The van der Waals surface area contributed by atoms with Gasteiger partial charge in [0.25, 0.3) is 10.0 Å². The first-order valence-electron chi connectivity index (χ1n) is 6.45. The molecular formula is C13H18ClN3O2S. The summed E-state index contributed by atoms with van der Waals surface area (Å²) < 4.78 is 28.9. The summed E-state index contributed by atoms with van der Waals surface area (Å²) in [6.45, 7) is 6.49. The average Bonchev–Trinajstić information content (AvgIpc) is 2.72. The zero-order valence-corrected chi connectivity index (χ0v) is 13.2. The van der Waals surface area contributed by atoms with Crippen LogP contribution in [0.2, 0.25) is 5.15 Å². The Kier molecular flexibility index (Phi) is 4.36. The Morgan fingerprint density at radius 1 is 1.35 bits per heavy atom. The Morgan fingerprint density at radius 2 is 2.05 bits per heavy atom. The van der Waals surface area contributed by atoms with Crippen LogP contribution in [-0.4, -0.2) is 24.3 Å². The van der Waals surface area contributed by atoms with Gasteiger partial charge < -0.3 is 0 Å². The summed E-state index contributed by atoms with van der Waals surface area (Å²) in [5, 5.41) is -0.0216. The fourth-order valence-electron chi connectivity index (χ4n) is 1.73. The largest absolute Gasteiger partial charge is 0.288 e.